The summed E-state index contributed by atoms with van der Waals surface area (Å²) in [6, 6.07) is 13.8. The van der Waals surface area contributed by atoms with Crippen LogP contribution in [0.2, 0.25) is 10.0 Å². The third-order valence-electron chi connectivity index (χ3n) is 7.46. The summed E-state index contributed by atoms with van der Waals surface area (Å²) in [7, 11) is 0. The lowest BCUT2D eigenvalue weighted by Gasteiger charge is -2.44. The molecule has 39 heavy (non-hydrogen) atoms. The number of primary amides is 1. The fourth-order valence-electron chi connectivity index (χ4n) is 5.38. The Hall–Kier alpha value is -2.01. The van der Waals surface area contributed by atoms with Gasteiger partial charge in [-0.3, -0.25) is 4.79 Å². The topological polar surface area (TPSA) is 107 Å². The molecule has 2 aromatic carbocycles. The molecular formula is C28H31Cl2N5O2S2. The maximum absolute atomic E-state index is 13.2. The Balaban J connectivity index is 1.37. The van der Waals surface area contributed by atoms with Crippen LogP contribution in [-0.4, -0.2) is 38.3 Å². The molecule has 5 rings (SSSR count). The number of rotatable bonds is 6. The molecule has 1 saturated heterocycles. The molecule has 11 heteroatoms. The van der Waals surface area contributed by atoms with Gasteiger partial charge >= 0.3 is 0 Å². The van der Waals surface area contributed by atoms with Gasteiger partial charge in [0, 0.05) is 34.8 Å². The van der Waals surface area contributed by atoms with Gasteiger partial charge in [-0.05, 0) is 63.3 Å². The van der Waals surface area contributed by atoms with Gasteiger partial charge in [0.2, 0.25) is 0 Å². The fourth-order valence-corrected chi connectivity index (χ4v) is 7.61. The van der Waals surface area contributed by atoms with Gasteiger partial charge < -0.3 is 15.2 Å². The van der Waals surface area contributed by atoms with E-state index in [1.165, 1.54) is 22.9 Å². The summed E-state index contributed by atoms with van der Waals surface area (Å²) >= 11 is 12.6. The zero-order chi connectivity index (χ0) is 27.9. The van der Waals surface area contributed by atoms with E-state index >= 15 is 0 Å². The lowest BCUT2D eigenvalue weighted by Crippen LogP contribution is -2.50. The van der Waals surface area contributed by atoms with Gasteiger partial charge in [0.05, 0.1) is 22.3 Å². The normalized spacial score (nSPS) is 19.2. The highest BCUT2D eigenvalue weighted by atomic mass is 35.5. The van der Waals surface area contributed by atoms with Crippen LogP contribution in [0.3, 0.4) is 0 Å². The van der Waals surface area contributed by atoms with E-state index in [1.54, 1.807) is 18.3 Å². The van der Waals surface area contributed by atoms with Crippen molar-refractivity contribution in [1.82, 2.24) is 14.7 Å². The molecule has 1 aliphatic carbocycles. The Labute approximate surface area is 246 Å². The van der Waals surface area contributed by atoms with Crippen molar-refractivity contribution >= 4 is 58.1 Å². The van der Waals surface area contributed by atoms with Crippen LogP contribution in [-0.2, 0) is 17.8 Å². The molecular weight excluding hydrogens is 573 g/mol. The Morgan fingerprint density at radius 2 is 1.90 bits per heavy atom. The van der Waals surface area contributed by atoms with Gasteiger partial charge in [0.25, 0.3) is 5.91 Å². The summed E-state index contributed by atoms with van der Waals surface area (Å²) in [6.07, 6.45) is 4.24. The standard InChI is InChI=1S/C28H31Cl2N5O2S2/c1-27(2,3)39(37)34-24-18-8-5-4-7-17(18)15-28(24)11-13-35(14-12-28)26-23(25(31)36)33-21(16-32-26)38-20-10-6-9-19(29)22(20)30/h4-10,16,24,34H,11-15H2,1-3H3,(H2,31,36)/t24-,39-/m1/s1. The lowest BCUT2D eigenvalue weighted by molar-refractivity contribution is 0.0994. The number of hydrogen-bond donors (Lipinski definition) is 2. The van der Waals surface area contributed by atoms with Crippen LogP contribution in [0.25, 0.3) is 0 Å². The van der Waals surface area contributed by atoms with E-state index in [0.29, 0.717) is 38.9 Å². The van der Waals surface area contributed by atoms with Crippen molar-refractivity contribution in [3.63, 3.8) is 0 Å². The highest BCUT2D eigenvalue weighted by molar-refractivity contribution is 7.99. The van der Waals surface area contributed by atoms with Gasteiger partial charge in [-0.25, -0.2) is 9.97 Å². The number of benzene rings is 2. The molecule has 2 aliphatic rings. The molecule has 0 unspecified atom stereocenters. The van der Waals surface area contributed by atoms with Crippen LogP contribution >= 0.6 is 35.0 Å². The van der Waals surface area contributed by atoms with E-state index in [-0.39, 0.29) is 21.9 Å². The highest BCUT2D eigenvalue weighted by Crippen LogP contribution is 2.53. The third kappa shape index (κ3) is 5.76. The first-order valence-electron chi connectivity index (χ1n) is 12.8. The molecule has 2 atom stereocenters. The zero-order valence-corrected chi connectivity index (χ0v) is 25.2. The zero-order valence-electron chi connectivity index (χ0n) is 22.0. The van der Waals surface area contributed by atoms with Crippen molar-refractivity contribution in [1.29, 1.82) is 0 Å². The predicted molar refractivity (Wildman–Crippen MR) is 159 cm³/mol. The molecule has 206 valence electrons. The minimum Gasteiger partial charge on any atom is -0.598 e. The first-order valence-corrected chi connectivity index (χ1v) is 15.5. The number of carbonyl (C=O) groups excluding carboxylic acids is 1. The molecule has 1 aromatic heterocycles. The number of nitrogens with two attached hydrogens (primary N) is 1. The maximum atomic E-state index is 13.2. The summed E-state index contributed by atoms with van der Waals surface area (Å²) < 4.78 is 16.3. The smallest absolute Gasteiger partial charge is 0.271 e. The Bertz CT molecular complexity index is 1390. The minimum absolute atomic E-state index is 0.0150. The quantitative estimate of drug-likeness (QED) is 0.334. The number of nitrogens with one attached hydrogen (secondary N) is 1. The van der Waals surface area contributed by atoms with Crippen LogP contribution in [0, 0.1) is 5.41 Å². The molecule has 1 fully saturated rings. The largest absolute Gasteiger partial charge is 0.598 e. The molecule has 2 heterocycles. The monoisotopic (exact) mass is 603 g/mol. The van der Waals surface area contributed by atoms with Gasteiger partial charge in [0.1, 0.15) is 9.77 Å². The van der Waals surface area contributed by atoms with Crippen molar-refractivity contribution in [3.05, 3.63) is 75.5 Å². The number of halogens is 2. The molecule has 1 amide bonds. The van der Waals surface area contributed by atoms with E-state index < -0.39 is 17.3 Å². The Morgan fingerprint density at radius 3 is 2.59 bits per heavy atom. The second kappa shape index (κ2) is 11.1. The number of fused-ring (bicyclic) bond motifs is 1. The number of carbonyl (C=O) groups is 1. The second-order valence-corrected chi connectivity index (χ2v) is 14.9. The summed E-state index contributed by atoms with van der Waals surface area (Å²) in [5.74, 6) is -0.150. The number of aromatic nitrogens is 2. The van der Waals surface area contributed by atoms with Crippen LogP contribution in [0.15, 0.2) is 58.6 Å². The van der Waals surface area contributed by atoms with Gasteiger partial charge in [0.15, 0.2) is 11.5 Å². The maximum Gasteiger partial charge on any atom is 0.271 e. The van der Waals surface area contributed by atoms with Gasteiger partial charge in [-0.15, -0.1) is 4.72 Å². The Morgan fingerprint density at radius 1 is 1.18 bits per heavy atom. The van der Waals surface area contributed by atoms with Crippen LogP contribution in [0.1, 0.15) is 61.3 Å². The summed E-state index contributed by atoms with van der Waals surface area (Å²) in [4.78, 5) is 24.4. The second-order valence-electron chi connectivity index (χ2n) is 11.1. The molecule has 1 spiro atoms. The Kier molecular flexibility index (Phi) is 8.12. The average molecular weight is 605 g/mol. The first kappa shape index (κ1) is 28.5. The molecule has 3 aromatic rings. The molecule has 0 radical (unpaired) electrons. The molecule has 0 bridgehead atoms. The third-order valence-corrected chi connectivity index (χ3v) is 10.9. The first-order chi connectivity index (χ1) is 18.5. The summed E-state index contributed by atoms with van der Waals surface area (Å²) in [6.45, 7) is 7.31. The number of nitrogens with zero attached hydrogens (tertiary/aromatic N) is 3. The van der Waals surface area contributed by atoms with E-state index in [0.717, 1.165) is 19.3 Å². The molecule has 1 aliphatic heterocycles. The predicted octanol–water partition coefficient (Wildman–Crippen LogP) is 5.97. The van der Waals surface area contributed by atoms with Crippen molar-refractivity contribution in [2.24, 2.45) is 11.1 Å². The van der Waals surface area contributed by atoms with E-state index in [1.807, 2.05) is 32.9 Å². The van der Waals surface area contributed by atoms with Crippen LogP contribution in [0.5, 0.6) is 0 Å². The number of anilines is 1. The molecule has 0 saturated carbocycles. The number of hydrogen-bond acceptors (Lipinski definition) is 7. The van der Waals surface area contributed by atoms with Crippen LogP contribution < -0.4 is 15.4 Å². The van der Waals surface area contributed by atoms with Crippen molar-refractivity contribution in [2.75, 3.05) is 18.0 Å². The van der Waals surface area contributed by atoms with Crippen molar-refractivity contribution in [3.8, 4) is 0 Å². The summed E-state index contributed by atoms with van der Waals surface area (Å²) in [5, 5.41) is 1.37. The average Bonchev–Trinajstić information content (AvgIpc) is 3.19. The number of piperidine rings is 1. The lowest BCUT2D eigenvalue weighted by atomic mass is 9.73. The number of amides is 1. The molecule has 7 nitrogen and oxygen atoms in total. The minimum atomic E-state index is -1.21. The van der Waals surface area contributed by atoms with Crippen LogP contribution in [0.4, 0.5) is 5.82 Å². The van der Waals surface area contributed by atoms with Gasteiger partial charge in [-0.2, -0.15) is 0 Å². The fraction of sp³-hybridized carbons (Fsp3) is 0.393. The van der Waals surface area contributed by atoms with Gasteiger partial charge in [-0.1, -0.05) is 65.3 Å². The van der Waals surface area contributed by atoms with Crippen molar-refractivity contribution < 1.29 is 9.35 Å². The van der Waals surface area contributed by atoms with E-state index in [4.69, 9.17) is 28.9 Å². The SMILES string of the molecule is CC(C)(C)[S@@+]([O-])N[C@@H]1c2ccccc2CC12CCN(c1ncc(Sc3cccc(Cl)c3Cl)nc1C(N)=O)CC2. The summed E-state index contributed by atoms with van der Waals surface area (Å²) in [5.41, 5.74) is 8.33. The highest BCUT2D eigenvalue weighted by Gasteiger charge is 2.50. The van der Waals surface area contributed by atoms with E-state index in [2.05, 4.69) is 37.8 Å². The van der Waals surface area contributed by atoms with E-state index in [9.17, 15) is 9.35 Å². The van der Waals surface area contributed by atoms with Crippen molar-refractivity contribution in [2.45, 2.75) is 60.7 Å². The molecule has 3 N–H and O–H groups in total.